The average Bonchev–Trinajstić information content (AvgIpc) is 2.97. The van der Waals surface area contributed by atoms with E-state index in [1.807, 2.05) is 55.8 Å². The molecule has 30 heavy (non-hydrogen) atoms. The topological polar surface area (TPSA) is 64.0 Å². The molecule has 0 atom stereocenters. The van der Waals surface area contributed by atoms with Crippen molar-refractivity contribution in [1.29, 1.82) is 0 Å². The summed E-state index contributed by atoms with van der Waals surface area (Å²) in [7, 11) is -3.71. The fourth-order valence-corrected chi connectivity index (χ4v) is 5.28. The van der Waals surface area contributed by atoms with E-state index in [1.54, 1.807) is 13.0 Å². The Balaban J connectivity index is 1.70. The first-order valence-electron chi connectivity index (χ1n) is 9.87. The van der Waals surface area contributed by atoms with Gasteiger partial charge in [-0.3, -0.25) is 9.40 Å². The normalized spacial score (nSPS) is 11.7. The highest BCUT2D eigenvalue weighted by molar-refractivity contribution is 7.92. The van der Waals surface area contributed by atoms with E-state index in [1.165, 1.54) is 10.8 Å². The zero-order valence-electron chi connectivity index (χ0n) is 17.6. The van der Waals surface area contributed by atoms with Crippen LogP contribution in [0.4, 0.5) is 5.69 Å². The molecule has 0 aliphatic carbocycles. The first kappa shape index (κ1) is 20.2. The summed E-state index contributed by atoms with van der Waals surface area (Å²) in [5.74, 6) is 0. The van der Waals surface area contributed by atoms with Gasteiger partial charge in [-0.15, -0.1) is 0 Å². The standard InChI is InChI=1S/C24H25N3O2S/c1-16-12-13-17(2)23(14-16)30(28,29)26-24-18(3)25-27(19(24)4)15-21-10-7-9-20-8-5-6-11-22(20)21/h5-14,26H,15H2,1-4H3. The molecule has 0 spiro atoms. The predicted octanol–water partition coefficient (Wildman–Crippen LogP) is 5.12. The minimum atomic E-state index is -3.71. The van der Waals surface area contributed by atoms with Gasteiger partial charge in [0.15, 0.2) is 0 Å². The van der Waals surface area contributed by atoms with Crippen LogP contribution in [0.5, 0.6) is 0 Å². The van der Waals surface area contributed by atoms with Gasteiger partial charge >= 0.3 is 0 Å². The minimum absolute atomic E-state index is 0.295. The Kier molecular flexibility index (Phi) is 5.12. The number of aromatic nitrogens is 2. The quantitative estimate of drug-likeness (QED) is 0.488. The fraction of sp³-hybridized carbons (Fsp3) is 0.208. The van der Waals surface area contributed by atoms with Crippen LogP contribution < -0.4 is 4.72 Å². The SMILES string of the molecule is Cc1ccc(C)c(S(=O)(=O)Nc2c(C)nn(Cc3cccc4ccccc34)c2C)c1. The highest BCUT2D eigenvalue weighted by atomic mass is 32.2. The zero-order valence-corrected chi connectivity index (χ0v) is 18.4. The third kappa shape index (κ3) is 3.71. The molecule has 0 aliphatic rings. The molecule has 0 radical (unpaired) electrons. The summed E-state index contributed by atoms with van der Waals surface area (Å²) < 4.78 is 30.8. The summed E-state index contributed by atoms with van der Waals surface area (Å²) >= 11 is 0. The lowest BCUT2D eigenvalue weighted by atomic mass is 10.0. The Morgan fingerprint density at radius 2 is 1.67 bits per heavy atom. The van der Waals surface area contributed by atoms with Crippen molar-refractivity contribution >= 4 is 26.5 Å². The Morgan fingerprint density at radius 3 is 2.47 bits per heavy atom. The smallest absolute Gasteiger partial charge is 0.262 e. The van der Waals surface area contributed by atoms with Gasteiger partial charge in [0.1, 0.15) is 0 Å². The Hall–Kier alpha value is -3.12. The molecule has 6 heteroatoms. The monoisotopic (exact) mass is 419 g/mol. The maximum atomic E-state index is 13.1. The number of aryl methyl sites for hydroxylation is 3. The molecular weight excluding hydrogens is 394 g/mol. The lowest BCUT2D eigenvalue weighted by Gasteiger charge is -2.12. The van der Waals surface area contributed by atoms with Crippen molar-refractivity contribution in [2.45, 2.75) is 39.1 Å². The van der Waals surface area contributed by atoms with E-state index in [-0.39, 0.29) is 0 Å². The molecule has 4 rings (SSSR count). The molecule has 1 heterocycles. The lowest BCUT2D eigenvalue weighted by molar-refractivity contribution is 0.600. The second-order valence-electron chi connectivity index (χ2n) is 7.72. The second kappa shape index (κ2) is 7.61. The van der Waals surface area contributed by atoms with Gasteiger partial charge < -0.3 is 0 Å². The van der Waals surface area contributed by atoms with E-state index >= 15 is 0 Å². The number of rotatable bonds is 5. The molecule has 4 aromatic rings. The molecule has 0 fully saturated rings. The van der Waals surface area contributed by atoms with E-state index in [9.17, 15) is 8.42 Å². The van der Waals surface area contributed by atoms with Gasteiger partial charge in [-0.05, 0) is 61.2 Å². The largest absolute Gasteiger partial charge is 0.276 e. The lowest BCUT2D eigenvalue weighted by Crippen LogP contribution is -2.15. The van der Waals surface area contributed by atoms with Crippen molar-refractivity contribution in [1.82, 2.24) is 9.78 Å². The molecule has 0 aliphatic heterocycles. The molecule has 1 N–H and O–H groups in total. The minimum Gasteiger partial charge on any atom is -0.276 e. The highest BCUT2D eigenvalue weighted by Crippen LogP contribution is 2.27. The molecule has 5 nitrogen and oxygen atoms in total. The molecule has 0 unspecified atom stereocenters. The second-order valence-corrected chi connectivity index (χ2v) is 9.37. The number of hydrogen-bond acceptors (Lipinski definition) is 3. The van der Waals surface area contributed by atoms with Crippen LogP contribution in [0, 0.1) is 27.7 Å². The number of hydrogen-bond donors (Lipinski definition) is 1. The van der Waals surface area contributed by atoms with E-state index < -0.39 is 10.0 Å². The van der Waals surface area contributed by atoms with Crippen molar-refractivity contribution in [3.05, 3.63) is 88.7 Å². The van der Waals surface area contributed by atoms with Crippen LogP contribution in [-0.4, -0.2) is 18.2 Å². The number of fused-ring (bicyclic) bond motifs is 1. The average molecular weight is 420 g/mol. The number of benzene rings is 3. The summed E-state index contributed by atoms with van der Waals surface area (Å²) in [4.78, 5) is 0.295. The van der Waals surface area contributed by atoms with E-state index in [4.69, 9.17) is 0 Å². The number of nitrogens with one attached hydrogen (secondary N) is 1. The van der Waals surface area contributed by atoms with Crippen molar-refractivity contribution in [3.8, 4) is 0 Å². The molecule has 0 amide bonds. The van der Waals surface area contributed by atoms with Crippen molar-refractivity contribution < 1.29 is 8.42 Å². The van der Waals surface area contributed by atoms with Crippen molar-refractivity contribution in [2.24, 2.45) is 0 Å². The maximum Gasteiger partial charge on any atom is 0.262 e. The van der Waals surface area contributed by atoms with Crippen molar-refractivity contribution in [3.63, 3.8) is 0 Å². The summed E-state index contributed by atoms with van der Waals surface area (Å²) in [5, 5.41) is 6.96. The zero-order chi connectivity index (χ0) is 21.5. The molecule has 1 aromatic heterocycles. The van der Waals surface area contributed by atoms with Crippen LogP contribution in [-0.2, 0) is 16.6 Å². The van der Waals surface area contributed by atoms with Crippen LogP contribution in [0.1, 0.15) is 28.1 Å². The van der Waals surface area contributed by atoms with Crippen LogP contribution >= 0.6 is 0 Å². The number of nitrogens with zero attached hydrogens (tertiary/aromatic N) is 2. The molecule has 0 saturated carbocycles. The first-order valence-corrected chi connectivity index (χ1v) is 11.4. The van der Waals surface area contributed by atoms with Gasteiger partial charge in [-0.25, -0.2) is 8.42 Å². The van der Waals surface area contributed by atoms with Crippen LogP contribution in [0.3, 0.4) is 0 Å². The summed E-state index contributed by atoms with van der Waals surface area (Å²) in [6, 6.07) is 19.9. The molecule has 154 valence electrons. The van der Waals surface area contributed by atoms with Crippen LogP contribution in [0.25, 0.3) is 10.8 Å². The molecular formula is C24H25N3O2S. The Bertz CT molecular complexity index is 1350. The summed E-state index contributed by atoms with van der Waals surface area (Å²) in [6.07, 6.45) is 0. The molecule has 3 aromatic carbocycles. The van der Waals surface area contributed by atoms with E-state index in [0.717, 1.165) is 16.8 Å². The van der Waals surface area contributed by atoms with Gasteiger partial charge in [0, 0.05) is 0 Å². The summed E-state index contributed by atoms with van der Waals surface area (Å²) in [6.45, 7) is 7.98. The van der Waals surface area contributed by atoms with Gasteiger partial charge in [0.05, 0.1) is 28.5 Å². The fourth-order valence-electron chi connectivity index (χ4n) is 3.78. The predicted molar refractivity (Wildman–Crippen MR) is 121 cm³/mol. The third-order valence-corrected chi connectivity index (χ3v) is 6.94. The molecule has 0 bridgehead atoms. The first-order chi connectivity index (χ1) is 14.3. The van der Waals surface area contributed by atoms with Crippen molar-refractivity contribution in [2.75, 3.05) is 4.72 Å². The Labute approximate surface area is 177 Å². The third-order valence-electron chi connectivity index (χ3n) is 5.45. The number of sulfonamides is 1. The van der Waals surface area contributed by atoms with Gasteiger partial charge in [-0.2, -0.15) is 5.10 Å². The van der Waals surface area contributed by atoms with E-state index in [0.29, 0.717) is 28.4 Å². The van der Waals surface area contributed by atoms with E-state index in [2.05, 4.69) is 34.1 Å². The highest BCUT2D eigenvalue weighted by Gasteiger charge is 2.22. The van der Waals surface area contributed by atoms with Gasteiger partial charge in [0.25, 0.3) is 10.0 Å². The van der Waals surface area contributed by atoms with Gasteiger partial charge in [-0.1, -0.05) is 54.6 Å². The Morgan fingerprint density at radius 1 is 0.933 bits per heavy atom. The number of anilines is 1. The molecule has 0 saturated heterocycles. The van der Waals surface area contributed by atoms with Crippen LogP contribution in [0.15, 0.2) is 65.6 Å². The van der Waals surface area contributed by atoms with Gasteiger partial charge in [0.2, 0.25) is 0 Å². The summed E-state index contributed by atoms with van der Waals surface area (Å²) in [5.41, 5.74) is 4.74. The maximum absolute atomic E-state index is 13.1. The van der Waals surface area contributed by atoms with Crippen LogP contribution in [0.2, 0.25) is 0 Å².